The minimum absolute atomic E-state index is 0.649. The molecular weight excluding hydrogens is 214 g/mol. The van der Waals surface area contributed by atoms with E-state index >= 15 is 0 Å². The third kappa shape index (κ3) is 2.61. The zero-order chi connectivity index (χ0) is 12.1. The van der Waals surface area contributed by atoms with Crippen molar-refractivity contribution in [2.75, 3.05) is 6.61 Å². The van der Waals surface area contributed by atoms with Crippen molar-refractivity contribution in [2.45, 2.75) is 19.8 Å². The number of aldehydes is 1. The van der Waals surface area contributed by atoms with Crippen molar-refractivity contribution in [3.8, 4) is 5.75 Å². The van der Waals surface area contributed by atoms with Crippen LogP contribution in [0.3, 0.4) is 0 Å². The molecule has 1 aromatic carbocycles. The zero-order valence-electron chi connectivity index (χ0n) is 9.85. The van der Waals surface area contributed by atoms with Gasteiger partial charge in [-0.1, -0.05) is 13.3 Å². The Morgan fingerprint density at radius 3 is 3.00 bits per heavy atom. The molecule has 0 saturated heterocycles. The monoisotopic (exact) mass is 229 g/mol. The number of carbonyl (C=O) groups excluding carboxylic acids is 1. The molecule has 0 unspecified atom stereocenters. The lowest BCUT2D eigenvalue weighted by Crippen LogP contribution is -1.96. The number of carbonyl (C=O) groups is 1. The maximum Gasteiger partial charge on any atom is 0.150 e. The normalized spacial score (nSPS) is 10.4. The van der Waals surface area contributed by atoms with Crippen molar-refractivity contribution in [3.63, 3.8) is 0 Å². The highest BCUT2D eigenvalue weighted by Crippen LogP contribution is 2.21. The molecule has 0 aliphatic rings. The van der Waals surface area contributed by atoms with E-state index in [1.165, 1.54) is 0 Å². The van der Waals surface area contributed by atoms with E-state index in [2.05, 4.69) is 11.9 Å². The summed E-state index contributed by atoms with van der Waals surface area (Å²) in [5.41, 5.74) is 1.47. The molecule has 0 fully saturated rings. The molecule has 88 valence electrons. The fourth-order valence-corrected chi connectivity index (χ4v) is 1.67. The van der Waals surface area contributed by atoms with Gasteiger partial charge in [0.25, 0.3) is 0 Å². The number of unbranched alkanes of at least 4 members (excludes halogenated alkanes) is 1. The Labute approximate surface area is 100 Å². The standard InChI is InChI=1S/C14H15NO2/c1-2-3-8-17-12-4-5-14-13(9-12)11(10-16)6-7-15-14/h4-7,9-10H,2-3,8H2,1H3. The first kappa shape index (κ1) is 11.6. The Morgan fingerprint density at radius 1 is 1.35 bits per heavy atom. The number of fused-ring (bicyclic) bond motifs is 1. The van der Waals surface area contributed by atoms with E-state index in [-0.39, 0.29) is 0 Å². The van der Waals surface area contributed by atoms with Crippen LogP contribution in [0.15, 0.2) is 30.5 Å². The van der Waals surface area contributed by atoms with Crippen LogP contribution in [0.2, 0.25) is 0 Å². The van der Waals surface area contributed by atoms with Gasteiger partial charge in [0.05, 0.1) is 12.1 Å². The summed E-state index contributed by atoms with van der Waals surface area (Å²) in [4.78, 5) is 15.1. The molecule has 0 aliphatic heterocycles. The minimum atomic E-state index is 0.649. The summed E-state index contributed by atoms with van der Waals surface area (Å²) < 4.78 is 5.61. The number of pyridine rings is 1. The van der Waals surface area contributed by atoms with Crippen molar-refractivity contribution in [1.29, 1.82) is 0 Å². The zero-order valence-corrected chi connectivity index (χ0v) is 9.85. The van der Waals surface area contributed by atoms with Crippen LogP contribution in [0, 0.1) is 0 Å². The summed E-state index contributed by atoms with van der Waals surface area (Å²) in [6.45, 7) is 2.83. The van der Waals surface area contributed by atoms with E-state index in [9.17, 15) is 4.79 Å². The van der Waals surface area contributed by atoms with Crippen LogP contribution in [0.5, 0.6) is 5.75 Å². The number of ether oxygens (including phenoxy) is 1. The molecule has 0 N–H and O–H groups in total. The lowest BCUT2D eigenvalue weighted by Gasteiger charge is -2.07. The Morgan fingerprint density at radius 2 is 2.24 bits per heavy atom. The molecule has 0 aliphatic carbocycles. The van der Waals surface area contributed by atoms with Crippen molar-refractivity contribution in [1.82, 2.24) is 4.98 Å². The average Bonchev–Trinajstić information content (AvgIpc) is 2.38. The number of nitrogens with zero attached hydrogens (tertiary/aromatic N) is 1. The van der Waals surface area contributed by atoms with E-state index < -0.39 is 0 Å². The summed E-state index contributed by atoms with van der Waals surface area (Å²) >= 11 is 0. The second kappa shape index (κ2) is 5.43. The Hall–Kier alpha value is -1.90. The van der Waals surface area contributed by atoms with Crippen molar-refractivity contribution >= 4 is 17.2 Å². The fraction of sp³-hybridized carbons (Fsp3) is 0.286. The van der Waals surface area contributed by atoms with Crippen molar-refractivity contribution in [3.05, 3.63) is 36.0 Å². The van der Waals surface area contributed by atoms with E-state index in [0.29, 0.717) is 12.2 Å². The molecule has 2 rings (SSSR count). The van der Waals surface area contributed by atoms with Crippen LogP contribution in [0.1, 0.15) is 30.1 Å². The van der Waals surface area contributed by atoms with E-state index in [4.69, 9.17) is 4.74 Å². The third-order valence-corrected chi connectivity index (χ3v) is 2.64. The van der Waals surface area contributed by atoms with Gasteiger partial charge in [-0.2, -0.15) is 0 Å². The maximum absolute atomic E-state index is 10.9. The molecule has 0 bridgehead atoms. The van der Waals surface area contributed by atoms with Crippen LogP contribution in [0.4, 0.5) is 0 Å². The number of benzene rings is 1. The molecule has 0 spiro atoms. The molecule has 3 nitrogen and oxygen atoms in total. The minimum Gasteiger partial charge on any atom is -0.494 e. The summed E-state index contributed by atoms with van der Waals surface area (Å²) in [7, 11) is 0. The molecule has 0 atom stereocenters. The first-order valence-corrected chi connectivity index (χ1v) is 5.82. The van der Waals surface area contributed by atoms with Gasteiger partial charge in [0.1, 0.15) is 5.75 Å². The lowest BCUT2D eigenvalue weighted by atomic mass is 10.1. The van der Waals surface area contributed by atoms with Crippen LogP contribution in [-0.4, -0.2) is 17.9 Å². The summed E-state index contributed by atoms with van der Waals surface area (Å²) in [5, 5.41) is 0.844. The molecular formula is C14H15NO2. The Kier molecular flexibility index (Phi) is 3.70. The van der Waals surface area contributed by atoms with E-state index in [1.807, 2.05) is 18.2 Å². The molecule has 1 aromatic heterocycles. The molecule has 0 saturated carbocycles. The van der Waals surface area contributed by atoms with Gasteiger partial charge in [0.2, 0.25) is 0 Å². The highest BCUT2D eigenvalue weighted by molar-refractivity contribution is 5.96. The van der Waals surface area contributed by atoms with Gasteiger partial charge in [0.15, 0.2) is 6.29 Å². The van der Waals surface area contributed by atoms with Gasteiger partial charge in [0, 0.05) is 17.1 Å². The van der Waals surface area contributed by atoms with Crippen LogP contribution < -0.4 is 4.74 Å². The summed E-state index contributed by atoms with van der Waals surface area (Å²) in [5.74, 6) is 0.794. The summed E-state index contributed by atoms with van der Waals surface area (Å²) in [6, 6.07) is 7.36. The molecule has 2 aromatic rings. The average molecular weight is 229 g/mol. The lowest BCUT2D eigenvalue weighted by molar-refractivity contribution is 0.112. The quantitative estimate of drug-likeness (QED) is 0.583. The van der Waals surface area contributed by atoms with Gasteiger partial charge >= 0.3 is 0 Å². The van der Waals surface area contributed by atoms with Gasteiger partial charge in [-0.05, 0) is 30.7 Å². The largest absolute Gasteiger partial charge is 0.494 e. The second-order valence-electron chi connectivity index (χ2n) is 3.90. The maximum atomic E-state index is 10.9. The molecule has 3 heteroatoms. The number of hydrogen-bond acceptors (Lipinski definition) is 3. The number of hydrogen-bond donors (Lipinski definition) is 0. The topological polar surface area (TPSA) is 39.2 Å². The van der Waals surface area contributed by atoms with Crippen molar-refractivity contribution < 1.29 is 9.53 Å². The van der Waals surface area contributed by atoms with E-state index in [1.54, 1.807) is 12.3 Å². The van der Waals surface area contributed by atoms with Crippen molar-refractivity contribution in [2.24, 2.45) is 0 Å². The van der Waals surface area contributed by atoms with E-state index in [0.717, 1.165) is 35.8 Å². The van der Waals surface area contributed by atoms with Crippen LogP contribution in [-0.2, 0) is 0 Å². The predicted octanol–water partition coefficient (Wildman–Crippen LogP) is 3.23. The summed E-state index contributed by atoms with van der Waals surface area (Å²) in [6.07, 6.45) is 4.63. The number of aromatic nitrogens is 1. The number of rotatable bonds is 5. The molecule has 17 heavy (non-hydrogen) atoms. The van der Waals surface area contributed by atoms with Crippen LogP contribution in [0.25, 0.3) is 10.9 Å². The first-order valence-electron chi connectivity index (χ1n) is 5.82. The molecule has 0 radical (unpaired) electrons. The SMILES string of the molecule is CCCCOc1ccc2nccc(C=O)c2c1. The first-order chi connectivity index (χ1) is 8.35. The second-order valence-corrected chi connectivity index (χ2v) is 3.90. The van der Waals surface area contributed by atoms with Gasteiger partial charge < -0.3 is 4.74 Å². The van der Waals surface area contributed by atoms with Gasteiger partial charge in [-0.3, -0.25) is 9.78 Å². The Balaban J connectivity index is 2.31. The van der Waals surface area contributed by atoms with Crippen LogP contribution >= 0.6 is 0 Å². The Bertz CT molecular complexity index is 523. The predicted molar refractivity (Wildman–Crippen MR) is 67.5 cm³/mol. The smallest absolute Gasteiger partial charge is 0.150 e. The third-order valence-electron chi connectivity index (χ3n) is 2.64. The molecule has 1 heterocycles. The fourth-order valence-electron chi connectivity index (χ4n) is 1.67. The van der Waals surface area contributed by atoms with Gasteiger partial charge in [-0.15, -0.1) is 0 Å². The highest BCUT2D eigenvalue weighted by Gasteiger charge is 2.03. The molecule has 0 amide bonds. The highest BCUT2D eigenvalue weighted by atomic mass is 16.5. The van der Waals surface area contributed by atoms with Gasteiger partial charge in [-0.25, -0.2) is 0 Å².